The third kappa shape index (κ3) is 3.34. The molecule has 0 N–H and O–H groups in total. The minimum Gasteiger partial charge on any atom is -0.0936 e. The minimum absolute atomic E-state index is 1.10. The molecule has 0 aliphatic heterocycles. The summed E-state index contributed by atoms with van der Waals surface area (Å²) in [6.07, 6.45) is 2.34. The van der Waals surface area contributed by atoms with Crippen LogP contribution in [0, 0.1) is 6.92 Å². The van der Waals surface area contributed by atoms with Crippen molar-refractivity contribution in [1.82, 2.24) is 0 Å². The van der Waals surface area contributed by atoms with Crippen molar-refractivity contribution in [2.45, 2.75) is 45.8 Å². The molecule has 0 unspecified atom stereocenters. The molecular formula is C15H24Si. The van der Waals surface area contributed by atoms with Crippen LogP contribution in [-0.4, -0.2) is 8.07 Å². The molecule has 0 saturated carbocycles. The zero-order chi connectivity index (χ0) is 12.0. The van der Waals surface area contributed by atoms with Gasteiger partial charge in [-0.3, -0.25) is 0 Å². The first kappa shape index (κ1) is 13.2. The Labute approximate surface area is 101 Å². The monoisotopic (exact) mass is 232 g/mol. The van der Waals surface area contributed by atoms with Gasteiger partial charge in [0.25, 0.3) is 0 Å². The quantitative estimate of drug-likeness (QED) is 0.623. The third-order valence-corrected chi connectivity index (χ3v) is 8.88. The predicted octanol–water partition coefficient (Wildman–Crippen LogP) is 5.06. The zero-order valence-electron chi connectivity index (χ0n) is 11.1. The van der Waals surface area contributed by atoms with E-state index in [1.165, 1.54) is 29.3 Å². The fourth-order valence-electron chi connectivity index (χ4n) is 2.15. The van der Waals surface area contributed by atoms with E-state index in [0.717, 1.165) is 0 Å². The Kier molecular flexibility index (Phi) is 5.00. The molecule has 0 amide bonds. The first-order valence-corrected chi connectivity index (χ1v) is 9.11. The molecule has 0 spiro atoms. The molecule has 16 heavy (non-hydrogen) atoms. The average molecular weight is 232 g/mol. The van der Waals surface area contributed by atoms with Gasteiger partial charge in [0.05, 0.1) is 8.07 Å². The first-order chi connectivity index (χ1) is 7.65. The number of benzene rings is 1. The van der Waals surface area contributed by atoms with Crippen LogP contribution in [0.2, 0.25) is 18.1 Å². The fourth-order valence-corrected chi connectivity index (χ4v) is 4.90. The lowest BCUT2D eigenvalue weighted by atomic mass is 10.1. The second-order valence-corrected chi connectivity index (χ2v) is 9.85. The van der Waals surface area contributed by atoms with Crippen molar-refractivity contribution in [2.75, 3.05) is 0 Å². The summed E-state index contributed by atoms with van der Waals surface area (Å²) in [5, 5.41) is 0. The van der Waals surface area contributed by atoms with E-state index in [2.05, 4.69) is 63.7 Å². The number of hydrogen-bond donors (Lipinski definition) is 0. The Morgan fingerprint density at radius 3 is 2.19 bits per heavy atom. The maximum Gasteiger partial charge on any atom is 0.0770 e. The molecule has 0 saturated heterocycles. The predicted molar refractivity (Wildman–Crippen MR) is 77.4 cm³/mol. The van der Waals surface area contributed by atoms with Crippen LogP contribution in [-0.2, 0) is 0 Å². The van der Waals surface area contributed by atoms with Crippen molar-refractivity contribution < 1.29 is 0 Å². The molecule has 0 heterocycles. The van der Waals surface area contributed by atoms with Crippen molar-refractivity contribution in [3.05, 3.63) is 41.1 Å². The Bertz CT molecular complexity index is 340. The molecule has 0 bridgehead atoms. The van der Waals surface area contributed by atoms with Crippen LogP contribution in [0.1, 0.15) is 31.9 Å². The topological polar surface area (TPSA) is 0 Å². The minimum atomic E-state index is -1.10. The van der Waals surface area contributed by atoms with Crippen LogP contribution in [0.4, 0.5) is 0 Å². The van der Waals surface area contributed by atoms with Crippen LogP contribution < -0.4 is 0 Å². The lowest BCUT2D eigenvalue weighted by Gasteiger charge is -2.23. The summed E-state index contributed by atoms with van der Waals surface area (Å²) in [4.78, 5) is 0. The van der Waals surface area contributed by atoms with E-state index in [-0.39, 0.29) is 0 Å². The van der Waals surface area contributed by atoms with Gasteiger partial charge in [-0.1, -0.05) is 80.5 Å². The van der Waals surface area contributed by atoms with Gasteiger partial charge >= 0.3 is 0 Å². The maximum atomic E-state index is 2.54. The maximum absolute atomic E-state index is 2.54. The van der Waals surface area contributed by atoms with Gasteiger partial charge in [0.15, 0.2) is 0 Å². The largest absolute Gasteiger partial charge is 0.0936 e. The molecule has 1 rings (SSSR count). The highest BCUT2D eigenvalue weighted by atomic mass is 28.3. The summed E-state index contributed by atoms with van der Waals surface area (Å²) in [5.74, 6) is 0. The lowest BCUT2D eigenvalue weighted by molar-refractivity contribution is 1.20. The smallest absolute Gasteiger partial charge is 0.0770 e. The number of aryl methyl sites for hydroxylation is 1. The molecule has 88 valence electrons. The summed E-state index contributed by atoms with van der Waals surface area (Å²) in [7, 11) is -1.10. The summed E-state index contributed by atoms with van der Waals surface area (Å²) in [6.45, 7) is 9.20. The van der Waals surface area contributed by atoms with Crippen LogP contribution in [0.3, 0.4) is 0 Å². The lowest BCUT2D eigenvalue weighted by Crippen LogP contribution is -2.28. The summed E-state index contributed by atoms with van der Waals surface area (Å²) in [5.41, 5.74) is 5.24. The van der Waals surface area contributed by atoms with Crippen LogP contribution in [0.5, 0.6) is 0 Å². The van der Waals surface area contributed by atoms with E-state index in [0.29, 0.717) is 0 Å². The normalized spacial score (nSPS) is 12.2. The van der Waals surface area contributed by atoms with E-state index in [1.807, 2.05) is 0 Å². The van der Waals surface area contributed by atoms with Crippen molar-refractivity contribution in [3.63, 3.8) is 0 Å². The van der Waals surface area contributed by atoms with E-state index in [4.69, 9.17) is 0 Å². The standard InChI is InChI=1S/C15H24Si/c1-5-16(6-2,7-3)12-11-15-10-8-9-14(4)13-15/h8-13H,5-7H2,1-4H3/b12-11-. The summed E-state index contributed by atoms with van der Waals surface area (Å²) in [6, 6.07) is 12.8. The summed E-state index contributed by atoms with van der Waals surface area (Å²) < 4.78 is 0. The molecule has 0 fully saturated rings. The Balaban J connectivity index is 2.86. The van der Waals surface area contributed by atoms with E-state index < -0.39 is 8.07 Å². The molecule has 0 aliphatic carbocycles. The van der Waals surface area contributed by atoms with Crippen molar-refractivity contribution in [3.8, 4) is 0 Å². The molecule has 1 aromatic rings. The molecule has 0 nitrogen and oxygen atoms in total. The van der Waals surface area contributed by atoms with Crippen LogP contribution in [0.15, 0.2) is 30.0 Å². The van der Waals surface area contributed by atoms with Crippen LogP contribution >= 0.6 is 0 Å². The Morgan fingerprint density at radius 2 is 1.69 bits per heavy atom. The summed E-state index contributed by atoms with van der Waals surface area (Å²) >= 11 is 0. The average Bonchev–Trinajstić information content (AvgIpc) is 2.32. The third-order valence-electron chi connectivity index (χ3n) is 3.78. The molecule has 0 atom stereocenters. The number of rotatable bonds is 5. The zero-order valence-corrected chi connectivity index (χ0v) is 12.1. The van der Waals surface area contributed by atoms with Crippen molar-refractivity contribution in [2.24, 2.45) is 0 Å². The number of hydrogen-bond acceptors (Lipinski definition) is 0. The van der Waals surface area contributed by atoms with Gasteiger partial charge in [0.2, 0.25) is 0 Å². The SMILES string of the molecule is CC[Si](/C=C\c1cccc(C)c1)(CC)CC. The van der Waals surface area contributed by atoms with Gasteiger partial charge in [-0.05, 0) is 12.5 Å². The van der Waals surface area contributed by atoms with Gasteiger partial charge in [-0.25, -0.2) is 0 Å². The van der Waals surface area contributed by atoms with Crippen molar-refractivity contribution >= 4 is 14.1 Å². The molecule has 1 heteroatoms. The van der Waals surface area contributed by atoms with Gasteiger partial charge in [-0.2, -0.15) is 0 Å². The van der Waals surface area contributed by atoms with E-state index >= 15 is 0 Å². The van der Waals surface area contributed by atoms with Gasteiger partial charge in [0, 0.05) is 0 Å². The second kappa shape index (κ2) is 6.05. The first-order valence-electron chi connectivity index (χ1n) is 6.41. The highest BCUT2D eigenvalue weighted by molar-refractivity contribution is 6.84. The fraction of sp³-hybridized carbons (Fsp3) is 0.467. The highest BCUT2D eigenvalue weighted by Gasteiger charge is 2.22. The van der Waals surface area contributed by atoms with Crippen LogP contribution in [0.25, 0.3) is 6.08 Å². The Morgan fingerprint density at radius 1 is 1.06 bits per heavy atom. The highest BCUT2D eigenvalue weighted by Crippen LogP contribution is 2.22. The van der Waals surface area contributed by atoms with Gasteiger partial charge < -0.3 is 0 Å². The molecule has 0 aliphatic rings. The van der Waals surface area contributed by atoms with Gasteiger partial charge in [0.1, 0.15) is 0 Å². The second-order valence-electron chi connectivity index (χ2n) is 4.67. The van der Waals surface area contributed by atoms with E-state index in [1.54, 1.807) is 0 Å². The molecule has 0 radical (unpaired) electrons. The van der Waals surface area contributed by atoms with E-state index in [9.17, 15) is 0 Å². The van der Waals surface area contributed by atoms with Crippen molar-refractivity contribution in [1.29, 1.82) is 0 Å². The van der Waals surface area contributed by atoms with Gasteiger partial charge in [-0.15, -0.1) is 0 Å². The molecule has 1 aromatic carbocycles. The molecule has 0 aromatic heterocycles. The Hall–Kier alpha value is -0.823. The molecular weight excluding hydrogens is 208 g/mol.